The highest BCUT2D eigenvalue weighted by molar-refractivity contribution is 14.1. The van der Waals surface area contributed by atoms with Crippen molar-refractivity contribution in [2.24, 2.45) is 5.92 Å². The molecule has 0 spiro atoms. The van der Waals surface area contributed by atoms with Crippen LogP contribution in [0.15, 0.2) is 36.8 Å². The van der Waals surface area contributed by atoms with Gasteiger partial charge in [-0.3, -0.25) is 9.20 Å². The maximum absolute atomic E-state index is 12.8. The van der Waals surface area contributed by atoms with Gasteiger partial charge in [0.05, 0.1) is 6.20 Å². The summed E-state index contributed by atoms with van der Waals surface area (Å²) >= 11 is 2.22. The molecule has 0 aliphatic carbocycles. The molecule has 1 saturated heterocycles. The predicted octanol–water partition coefficient (Wildman–Crippen LogP) is 3.37. The minimum Gasteiger partial charge on any atom is -0.465 e. The number of hydrogen-bond acceptors (Lipinski definition) is 5. The van der Waals surface area contributed by atoms with Crippen molar-refractivity contribution in [3.63, 3.8) is 0 Å². The van der Waals surface area contributed by atoms with Gasteiger partial charge in [-0.25, -0.2) is 14.8 Å². The Morgan fingerprint density at radius 3 is 2.90 bits per heavy atom. The second-order valence-corrected chi connectivity index (χ2v) is 8.60. The Balaban J connectivity index is 1.45. The summed E-state index contributed by atoms with van der Waals surface area (Å²) in [6.45, 7) is 3.46. The first kappa shape index (κ1) is 21.3. The molecule has 1 aromatic carbocycles. The molecule has 31 heavy (non-hydrogen) atoms. The molecule has 2 aromatic heterocycles. The van der Waals surface area contributed by atoms with Crippen molar-refractivity contribution in [2.45, 2.75) is 19.8 Å². The van der Waals surface area contributed by atoms with Gasteiger partial charge in [0.2, 0.25) is 0 Å². The predicted molar refractivity (Wildman–Crippen MR) is 125 cm³/mol. The van der Waals surface area contributed by atoms with Gasteiger partial charge in [-0.2, -0.15) is 0 Å². The van der Waals surface area contributed by atoms with Gasteiger partial charge in [-0.15, -0.1) is 0 Å². The number of carboxylic acid groups (broad SMARTS) is 1. The number of anilines is 2. The number of carbonyl (C=O) groups is 2. The molecule has 1 atom stereocenters. The summed E-state index contributed by atoms with van der Waals surface area (Å²) in [6.07, 6.45) is 5.93. The average Bonchev–Trinajstić information content (AvgIpc) is 3.40. The molecule has 10 heteroatoms. The molecular formula is C21H23IN6O3. The number of benzene rings is 1. The van der Waals surface area contributed by atoms with Crippen molar-refractivity contribution in [1.82, 2.24) is 24.6 Å². The Morgan fingerprint density at radius 1 is 1.32 bits per heavy atom. The third-order valence-corrected chi connectivity index (χ3v) is 6.28. The van der Waals surface area contributed by atoms with Crippen molar-refractivity contribution in [1.29, 1.82) is 0 Å². The molecule has 2 amide bonds. The molecule has 1 aliphatic heterocycles. The number of nitrogens with one attached hydrogen (secondary N) is 2. The number of halogens is 1. The lowest BCUT2D eigenvalue weighted by molar-refractivity contribution is 0.0946. The van der Waals surface area contributed by atoms with Crippen molar-refractivity contribution in [2.75, 3.05) is 25.0 Å². The fourth-order valence-electron chi connectivity index (χ4n) is 3.80. The number of rotatable bonds is 6. The highest BCUT2D eigenvalue weighted by Crippen LogP contribution is 2.23. The van der Waals surface area contributed by atoms with E-state index in [0.717, 1.165) is 27.0 Å². The molecule has 0 saturated carbocycles. The number of carbonyl (C=O) groups excluding carboxylic acids is 1. The molecule has 3 heterocycles. The maximum atomic E-state index is 12.8. The molecule has 3 N–H and O–H groups in total. The number of imidazole rings is 1. The number of aromatic nitrogens is 3. The first-order valence-electron chi connectivity index (χ1n) is 10.1. The van der Waals surface area contributed by atoms with Crippen LogP contribution in [0.3, 0.4) is 0 Å². The topological polar surface area (TPSA) is 112 Å². The van der Waals surface area contributed by atoms with Gasteiger partial charge in [0.25, 0.3) is 5.91 Å². The SMILES string of the molecule is CCc1cc(Nc2nccn3c(I)cnc23)ccc1C(=O)NCC1CCN(C(=O)O)C1. The number of hydrogen-bond donors (Lipinski definition) is 3. The van der Waals surface area contributed by atoms with Crippen molar-refractivity contribution in [3.8, 4) is 0 Å². The minimum absolute atomic E-state index is 0.139. The van der Waals surface area contributed by atoms with Gasteiger partial charge in [0, 0.05) is 43.3 Å². The average molecular weight is 534 g/mol. The van der Waals surface area contributed by atoms with E-state index in [-0.39, 0.29) is 11.8 Å². The van der Waals surface area contributed by atoms with Gasteiger partial charge >= 0.3 is 6.09 Å². The highest BCUT2D eigenvalue weighted by atomic mass is 127. The highest BCUT2D eigenvalue weighted by Gasteiger charge is 2.26. The van der Waals surface area contributed by atoms with Crippen molar-refractivity contribution >= 4 is 51.7 Å². The monoisotopic (exact) mass is 534 g/mol. The van der Waals surface area contributed by atoms with E-state index in [1.54, 1.807) is 12.4 Å². The van der Waals surface area contributed by atoms with E-state index < -0.39 is 6.09 Å². The number of likely N-dealkylation sites (tertiary alicyclic amines) is 1. The minimum atomic E-state index is -0.902. The first-order chi connectivity index (χ1) is 15.0. The normalized spacial score (nSPS) is 15.9. The van der Waals surface area contributed by atoms with Crippen LogP contribution in [0.5, 0.6) is 0 Å². The summed E-state index contributed by atoms with van der Waals surface area (Å²) in [5.41, 5.74) is 3.12. The summed E-state index contributed by atoms with van der Waals surface area (Å²) < 4.78 is 2.94. The lowest BCUT2D eigenvalue weighted by Crippen LogP contribution is -2.32. The quantitative estimate of drug-likeness (QED) is 0.419. The molecule has 4 rings (SSSR count). The van der Waals surface area contributed by atoms with E-state index in [4.69, 9.17) is 5.11 Å². The van der Waals surface area contributed by atoms with Gasteiger partial charge in [-0.05, 0) is 65.1 Å². The summed E-state index contributed by atoms with van der Waals surface area (Å²) in [5, 5.41) is 15.3. The van der Waals surface area contributed by atoms with Crippen LogP contribution in [0.2, 0.25) is 0 Å². The van der Waals surface area contributed by atoms with Crippen LogP contribution < -0.4 is 10.6 Å². The van der Waals surface area contributed by atoms with Crippen LogP contribution in [0.4, 0.5) is 16.3 Å². The van der Waals surface area contributed by atoms with Crippen LogP contribution in [-0.2, 0) is 6.42 Å². The van der Waals surface area contributed by atoms with E-state index in [1.165, 1.54) is 4.90 Å². The zero-order valence-corrected chi connectivity index (χ0v) is 19.2. The Labute approximate surface area is 193 Å². The summed E-state index contributed by atoms with van der Waals surface area (Å²) in [6, 6.07) is 5.62. The third kappa shape index (κ3) is 4.58. The maximum Gasteiger partial charge on any atom is 0.407 e. The number of amides is 2. The summed E-state index contributed by atoms with van der Waals surface area (Å²) in [7, 11) is 0. The molecule has 1 fully saturated rings. The third-order valence-electron chi connectivity index (χ3n) is 5.48. The molecular weight excluding hydrogens is 511 g/mol. The van der Waals surface area contributed by atoms with Gasteiger partial charge in [-0.1, -0.05) is 6.92 Å². The molecule has 3 aromatic rings. The van der Waals surface area contributed by atoms with Crippen LogP contribution in [-0.4, -0.2) is 56.0 Å². The molecule has 1 aliphatic rings. The summed E-state index contributed by atoms with van der Waals surface area (Å²) in [5.74, 6) is 0.657. The second-order valence-electron chi connectivity index (χ2n) is 7.49. The van der Waals surface area contributed by atoms with E-state index in [0.29, 0.717) is 37.4 Å². The van der Waals surface area contributed by atoms with Gasteiger partial charge < -0.3 is 20.6 Å². The standard InChI is InChI=1S/C21H23IN6O3/c1-2-14-9-15(26-18-19-24-11-17(22)28(19)8-6-23-18)3-4-16(14)20(29)25-10-13-5-7-27(12-13)21(30)31/h3-4,6,8-9,11,13H,2,5,7,10,12H2,1H3,(H,23,26)(H,25,29)(H,30,31). The van der Waals surface area contributed by atoms with Crippen molar-refractivity contribution in [3.05, 3.63) is 51.6 Å². The lowest BCUT2D eigenvalue weighted by Gasteiger charge is -2.15. The Morgan fingerprint density at radius 2 is 2.16 bits per heavy atom. The zero-order valence-electron chi connectivity index (χ0n) is 17.0. The molecule has 162 valence electrons. The molecule has 9 nitrogen and oxygen atoms in total. The fourth-order valence-corrected chi connectivity index (χ4v) is 4.33. The number of nitrogens with zero attached hydrogens (tertiary/aromatic N) is 4. The Bertz CT molecular complexity index is 1130. The fraction of sp³-hybridized carbons (Fsp3) is 0.333. The van der Waals surface area contributed by atoms with Crippen LogP contribution >= 0.6 is 22.6 Å². The van der Waals surface area contributed by atoms with E-state index in [2.05, 4.69) is 43.2 Å². The zero-order chi connectivity index (χ0) is 22.0. The van der Waals surface area contributed by atoms with E-state index in [9.17, 15) is 9.59 Å². The molecule has 1 unspecified atom stereocenters. The Hall–Kier alpha value is -2.89. The van der Waals surface area contributed by atoms with Crippen LogP contribution in [0.25, 0.3) is 5.65 Å². The largest absolute Gasteiger partial charge is 0.465 e. The molecule has 0 radical (unpaired) electrons. The van der Waals surface area contributed by atoms with Crippen LogP contribution in [0, 0.1) is 9.62 Å². The van der Waals surface area contributed by atoms with Crippen molar-refractivity contribution < 1.29 is 14.7 Å². The lowest BCUT2D eigenvalue weighted by atomic mass is 10.0. The molecule has 0 bridgehead atoms. The van der Waals surface area contributed by atoms with E-state index >= 15 is 0 Å². The Kier molecular flexibility index (Phi) is 6.25. The van der Waals surface area contributed by atoms with Crippen LogP contribution in [0.1, 0.15) is 29.3 Å². The number of fused-ring (bicyclic) bond motifs is 1. The smallest absolute Gasteiger partial charge is 0.407 e. The number of aryl methyl sites for hydroxylation is 1. The first-order valence-corrected chi connectivity index (χ1v) is 11.2. The van der Waals surface area contributed by atoms with E-state index in [1.807, 2.05) is 35.7 Å². The second kappa shape index (κ2) is 9.08. The van der Waals surface area contributed by atoms with Gasteiger partial charge in [0.1, 0.15) is 3.70 Å². The van der Waals surface area contributed by atoms with Gasteiger partial charge in [0.15, 0.2) is 11.5 Å². The summed E-state index contributed by atoms with van der Waals surface area (Å²) in [4.78, 5) is 34.0.